The van der Waals surface area contributed by atoms with Crippen LogP contribution in [-0.4, -0.2) is 44.3 Å². The fraction of sp³-hybridized carbons (Fsp3) is 0.333. The fourth-order valence-corrected chi connectivity index (χ4v) is 4.58. The molecule has 0 atom stereocenters. The lowest BCUT2D eigenvalue weighted by molar-refractivity contribution is -0.114. The third-order valence-electron chi connectivity index (χ3n) is 5.00. The molecule has 4 rings (SSSR count). The number of rotatable bonds is 3. The number of carbonyl (C=O) groups is 2. The topological polar surface area (TPSA) is 80.1 Å². The molecular weight excluding hydrogens is 386 g/mol. The van der Waals surface area contributed by atoms with Gasteiger partial charge in [0.1, 0.15) is 10.7 Å². The van der Waals surface area contributed by atoms with E-state index in [1.54, 1.807) is 0 Å². The molecule has 29 heavy (non-hydrogen) atoms. The minimum absolute atomic E-state index is 0.0491. The number of imidazole rings is 1. The number of thiazole rings is 1. The fourth-order valence-electron chi connectivity index (χ4n) is 3.70. The van der Waals surface area contributed by atoms with E-state index in [0.717, 1.165) is 38.3 Å². The zero-order valence-electron chi connectivity index (χ0n) is 16.7. The van der Waals surface area contributed by atoms with Crippen LogP contribution in [0.25, 0.3) is 11.3 Å². The van der Waals surface area contributed by atoms with Crippen LogP contribution in [0.4, 0.5) is 5.69 Å². The van der Waals surface area contributed by atoms with E-state index >= 15 is 0 Å². The number of carbonyl (C=O) groups excluding carboxylic acids is 2. The summed E-state index contributed by atoms with van der Waals surface area (Å²) < 4.78 is 2.17. The van der Waals surface area contributed by atoms with Gasteiger partial charge in [0.2, 0.25) is 5.91 Å². The van der Waals surface area contributed by atoms with Crippen LogP contribution in [0.15, 0.2) is 30.5 Å². The number of hydrogen-bond donors (Lipinski definition) is 1. The van der Waals surface area contributed by atoms with Crippen molar-refractivity contribution in [1.29, 1.82) is 0 Å². The van der Waals surface area contributed by atoms with E-state index in [1.165, 1.54) is 18.3 Å². The van der Waals surface area contributed by atoms with E-state index in [1.807, 2.05) is 49.2 Å². The van der Waals surface area contributed by atoms with Crippen LogP contribution < -0.4 is 5.32 Å². The highest BCUT2D eigenvalue weighted by atomic mass is 32.1. The van der Waals surface area contributed by atoms with E-state index < -0.39 is 0 Å². The second-order valence-corrected chi connectivity index (χ2v) is 8.37. The van der Waals surface area contributed by atoms with Crippen molar-refractivity contribution >= 4 is 28.8 Å². The number of fused-ring (bicyclic) bond motifs is 1. The molecule has 1 aliphatic heterocycles. The van der Waals surface area contributed by atoms with Crippen LogP contribution in [-0.2, 0) is 17.8 Å². The molecule has 8 heteroatoms. The number of anilines is 1. The summed E-state index contributed by atoms with van der Waals surface area (Å²) in [7, 11) is 0. The minimum Gasteiger partial charge on any atom is -0.336 e. The van der Waals surface area contributed by atoms with E-state index in [9.17, 15) is 9.59 Å². The molecule has 0 spiro atoms. The summed E-state index contributed by atoms with van der Waals surface area (Å²) in [6.45, 7) is 7.25. The summed E-state index contributed by atoms with van der Waals surface area (Å²) >= 11 is 1.46. The molecule has 0 bridgehead atoms. The standard InChI is InChI=1S/C21H23N5O2S/c1-13-20(29-15(3)23-13)21(28)25-8-7-19-22-12-18(26(19)10-9-25)16-5-4-6-17(11-16)24-14(2)27/h4-6,11-12H,7-10H2,1-3H3,(H,24,27). The number of aromatic nitrogens is 3. The maximum absolute atomic E-state index is 13.0. The predicted molar refractivity (Wildman–Crippen MR) is 113 cm³/mol. The Hall–Kier alpha value is -3.00. The third-order valence-corrected chi connectivity index (χ3v) is 6.06. The Bertz CT molecular complexity index is 1080. The number of aryl methyl sites for hydroxylation is 2. The molecule has 0 saturated heterocycles. The van der Waals surface area contributed by atoms with Gasteiger partial charge >= 0.3 is 0 Å². The quantitative estimate of drug-likeness (QED) is 0.720. The molecule has 3 aromatic rings. The zero-order chi connectivity index (χ0) is 20.5. The SMILES string of the molecule is CC(=O)Nc1cccc(-c2cnc3n2CCN(C(=O)c2sc(C)nc2C)CC3)c1. The molecule has 3 heterocycles. The Kier molecular flexibility index (Phi) is 5.19. The Morgan fingerprint density at radius 3 is 2.72 bits per heavy atom. The largest absolute Gasteiger partial charge is 0.336 e. The Balaban J connectivity index is 1.56. The van der Waals surface area contributed by atoms with Crippen molar-refractivity contribution in [3.05, 3.63) is 51.9 Å². The number of benzene rings is 1. The smallest absolute Gasteiger partial charge is 0.265 e. The van der Waals surface area contributed by atoms with Crippen molar-refractivity contribution in [3.8, 4) is 11.3 Å². The van der Waals surface area contributed by atoms with Gasteiger partial charge in [-0.1, -0.05) is 12.1 Å². The highest BCUT2D eigenvalue weighted by Gasteiger charge is 2.24. The van der Waals surface area contributed by atoms with Gasteiger partial charge in [-0.25, -0.2) is 9.97 Å². The van der Waals surface area contributed by atoms with Crippen LogP contribution in [0.2, 0.25) is 0 Å². The molecule has 2 amide bonds. The molecule has 1 aromatic carbocycles. The molecule has 7 nitrogen and oxygen atoms in total. The summed E-state index contributed by atoms with van der Waals surface area (Å²) in [4.78, 5) is 36.0. The minimum atomic E-state index is -0.1000. The molecule has 1 aliphatic rings. The summed E-state index contributed by atoms with van der Waals surface area (Å²) in [6.07, 6.45) is 2.57. The average molecular weight is 410 g/mol. The maximum Gasteiger partial charge on any atom is 0.265 e. The van der Waals surface area contributed by atoms with Crippen molar-refractivity contribution in [2.24, 2.45) is 0 Å². The van der Waals surface area contributed by atoms with Gasteiger partial charge in [-0.15, -0.1) is 11.3 Å². The van der Waals surface area contributed by atoms with Crippen molar-refractivity contribution in [1.82, 2.24) is 19.4 Å². The van der Waals surface area contributed by atoms with Crippen LogP contribution >= 0.6 is 11.3 Å². The lowest BCUT2D eigenvalue weighted by Gasteiger charge is -2.19. The van der Waals surface area contributed by atoms with Gasteiger partial charge in [-0.2, -0.15) is 0 Å². The van der Waals surface area contributed by atoms with E-state index in [4.69, 9.17) is 0 Å². The zero-order valence-corrected chi connectivity index (χ0v) is 17.5. The van der Waals surface area contributed by atoms with Crippen molar-refractivity contribution in [2.45, 2.75) is 33.7 Å². The summed E-state index contributed by atoms with van der Waals surface area (Å²) in [6, 6.07) is 7.74. The maximum atomic E-state index is 13.0. The van der Waals surface area contributed by atoms with Gasteiger partial charge in [0.25, 0.3) is 5.91 Å². The molecule has 1 N–H and O–H groups in total. The van der Waals surface area contributed by atoms with Crippen LogP contribution in [0.5, 0.6) is 0 Å². The first-order chi connectivity index (χ1) is 13.9. The first-order valence-electron chi connectivity index (χ1n) is 9.58. The number of amides is 2. The van der Waals surface area contributed by atoms with Gasteiger partial charge in [-0.3, -0.25) is 9.59 Å². The molecular formula is C21H23N5O2S. The Morgan fingerprint density at radius 1 is 1.17 bits per heavy atom. The highest BCUT2D eigenvalue weighted by molar-refractivity contribution is 7.13. The van der Waals surface area contributed by atoms with Gasteiger partial charge in [0.15, 0.2) is 0 Å². The van der Waals surface area contributed by atoms with Gasteiger partial charge < -0.3 is 14.8 Å². The molecule has 0 radical (unpaired) electrons. The summed E-state index contributed by atoms with van der Waals surface area (Å²) in [5.74, 6) is 0.919. The van der Waals surface area contributed by atoms with Gasteiger partial charge in [-0.05, 0) is 26.0 Å². The monoisotopic (exact) mass is 409 g/mol. The number of nitrogens with one attached hydrogen (secondary N) is 1. The average Bonchev–Trinajstić information content (AvgIpc) is 3.16. The van der Waals surface area contributed by atoms with Crippen LogP contribution in [0, 0.1) is 13.8 Å². The van der Waals surface area contributed by atoms with Crippen LogP contribution in [0.1, 0.15) is 33.1 Å². The second-order valence-electron chi connectivity index (χ2n) is 7.16. The molecule has 0 unspecified atom stereocenters. The molecule has 2 aromatic heterocycles. The summed E-state index contributed by atoms with van der Waals surface area (Å²) in [5, 5.41) is 3.73. The normalized spacial score (nSPS) is 13.7. The third kappa shape index (κ3) is 3.93. The van der Waals surface area contributed by atoms with Gasteiger partial charge in [0, 0.05) is 44.2 Å². The summed E-state index contributed by atoms with van der Waals surface area (Å²) in [5.41, 5.74) is 3.54. The first kappa shape index (κ1) is 19.3. The number of nitrogens with zero attached hydrogens (tertiary/aromatic N) is 4. The van der Waals surface area contributed by atoms with E-state index in [0.29, 0.717) is 26.1 Å². The lowest BCUT2D eigenvalue weighted by Crippen LogP contribution is -2.33. The Labute approximate surface area is 173 Å². The van der Waals surface area contributed by atoms with Crippen LogP contribution in [0.3, 0.4) is 0 Å². The van der Waals surface area contributed by atoms with Crippen molar-refractivity contribution in [3.63, 3.8) is 0 Å². The predicted octanol–water partition coefficient (Wildman–Crippen LogP) is 3.28. The first-order valence-corrected chi connectivity index (χ1v) is 10.4. The Morgan fingerprint density at radius 2 is 2.00 bits per heavy atom. The lowest BCUT2D eigenvalue weighted by atomic mass is 10.1. The van der Waals surface area contributed by atoms with Crippen molar-refractivity contribution in [2.75, 3.05) is 18.4 Å². The molecule has 0 saturated carbocycles. The molecule has 150 valence electrons. The van der Waals surface area contributed by atoms with E-state index in [-0.39, 0.29) is 11.8 Å². The number of hydrogen-bond acceptors (Lipinski definition) is 5. The molecule has 0 fully saturated rings. The van der Waals surface area contributed by atoms with E-state index in [2.05, 4.69) is 19.9 Å². The van der Waals surface area contributed by atoms with Crippen molar-refractivity contribution < 1.29 is 9.59 Å². The highest BCUT2D eigenvalue weighted by Crippen LogP contribution is 2.26. The molecule has 0 aliphatic carbocycles. The second kappa shape index (κ2) is 7.79. The van der Waals surface area contributed by atoms with Gasteiger partial charge in [0.05, 0.1) is 22.6 Å².